The first kappa shape index (κ1) is 21.6. The Labute approximate surface area is 180 Å². The minimum Gasteiger partial charge on any atom is -0.497 e. The lowest BCUT2D eigenvalue weighted by atomic mass is 9.72. The molecular formula is C23H34N2O4S. The van der Waals surface area contributed by atoms with Crippen LogP contribution in [0.5, 0.6) is 5.75 Å². The number of rotatable bonds is 4. The lowest BCUT2D eigenvalue weighted by Crippen LogP contribution is -2.55. The molecule has 7 heteroatoms. The molecule has 1 aromatic carbocycles. The quantitative estimate of drug-likeness (QED) is 0.727. The van der Waals surface area contributed by atoms with E-state index in [0.717, 1.165) is 32.2 Å². The van der Waals surface area contributed by atoms with Crippen LogP contribution in [0.4, 0.5) is 0 Å². The predicted octanol–water partition coefficient (Wildman–Crippen LogP) is 3.52. The van der Waals surface area contributed by atoms with Crippen molar-refractivity contribution in [2.24, 2.45) is 17.8 Å². The van der Waals surface area contributed by atoms with Crippen LogP contribution < -0.4 is 4.74 Å². The molecule has 3 fully saturated rings. The first-order valence-electron chi connectivity index (χ1n) is 11.4. The Bertz CT molecular complexity index is 854. The highest BCUT2D eigenvalue weighted by Crippen LogP contribution is 2.40. The molecule has 1 aromatic rings. The maximum Gasteiger partial charge on any atom is 0.243 e. The number of benzene rings is 1. The molecule has 0 bridgehead atoms. The largest absolute Gasteiger partial charge is 0.497 e. The second-order valence-corrected chi connectivity index (χ2v) is 11.1. The van der Waals surface area contributed by atoms with E-state index in [1.54, 1.807) is 31.4 Å². The number of nitrogens with zero attached hydrogens (tertiary/aromatic N) is 2. The third-order valence-electron chi connectivity index (χ3n) is 7.45. The van der Waals surface area contributed by atoms with E-state index >= 15 is 0 Å². The van der Waals surface area contributed by atoms with Crippen LogP contribution >= 0.6 is 0 Å². The summed E-state index contributed by atoms with van der Waals surface area (Å²) in [6.07, 6.45) is 7.35. The van der Waals surface area contributed by atoms with E-state index in [1.165, 1.54) is 23.6 Å². The minimum atomic E-state index is -3.61. The van der Waals surface area contributed by atoms with Crippen LogP contribution in [-0.4, -0.2) is 56.3 Å². The number of methoxy groups -OCH3 is 1. The zero-order chi connectivity index (χ0) is 21.3. The summed E-state index contributed by atoms with van der Waals surface area (Å²) in [5.74, 6) is 1.86. The Morgan fingerprint density at radius 2 is 1.73 bits per heavy atom. The number of hydrogen-bond acceptors (Lipinski definition) is 4. The van der Waals surface area contributed by atoms with Gasteiger partial charge in [0.1, 0.15) is 5.75 Å². The molecule has 166 valence electrons. The fourth-order valence-corrected chi connectivity index (χ4v) is 7.20. The summed E-state index contributed by atoms with van der Waals surface area (Å²) in [6.45, 7) is 3.91. The van der Waals surface area contributed by atoms with Crippen molar-refractivity contribution in [3.8, 4) is 5.75 Å². The van der Waals surface area contributed by atoms with Crippen LogP contribution in [0.2, 0.25) is 0 Å². The molecule has 4 atom stereocenters. The molecule has 2 saturated heterocycles. The number of likely N-dealkylation sites (tertiary alicyclic amines) is 1. The van der Waals surface area contributed by atoms with Crippen molar-refractivity contribution >= 4 is 15.9 Å². The van der Waals surface area contributed by atoms with Crippen molar-refractivity contribution in [2.45, 2.75) is 62.8 Å². The van der Waals surface area contributed by atoms with Crippen LogP contribution in [-0.2, 0) is 14.8 Å². The van der Waals surface area contributed by atoms with Crippen molar-refractivity contribution in [3.05, 3.63) is 24.3 Å². The van der Waals surface area contributed by atoms with Crippen LogP contribution in [0.25, 0.3) is 0 Å². The second kappa shape index (κ2) is 8.87. The third-order valence-corrected chi connectivity index (χ3v) is 9.33. The lowest BCUT2D eigenvalue weighted by molar-refractivity contribution is -0.144. The van der Waals surface area contributed by atoms with Gasteiger partial charge in [-0.3, -0.25) is 4.79 Å². The van der Waals surface area contributed by atoms with Gasteiger partial charge in [0, 0.05) is 25.7 Å². The van der Waals surface area contributed by atoms with E-state index in [2.05, 4.69) is 11.8 Å². The van der Waals surface area contributed by atoms with Gasteiger partial charge in [-0.2, -0.15) is 4.31 Å². The monoisotopic (exact) mass is 434 g/mol. The summed E-state index contributed by atoms with van der Waals surface area (Å²) >= 11 is 0. The molecule has 0 aromatic heterocycles. The third kappa shape index (κ3) is 4.11. The summed E-state index contributed by atoms with van der Waals surface area (Å²) in [7, 11) is -2.05. The number of carbonyl (C=O) groups excluding carboxylic acids is 1. The molecule has 2 heterocycles. The minimum absolute atomic E-state index is 0.174. The maximum atomic E-state index is 13.5. The van der Waals surface area contributed by atoms with Crippen molar-refractivity contribution in [1.82, 2.24) is 9.21 Å². The van der Waals surface area contributed by atoms with Crippen molar-refractivity contribution in [3.63, 3.8) is 0 Å². The number of piperidine rings is 2. The van der Waals surface area contributed by atoms with Gasteiger partial charge in [-0.25, -0.2) is 8.42 Å². The van der Waals surface area contributed by atoms with Crippen LogP contribution in [0, 0.1) is 17.8 Å². The Kier molecular flexibility index (Phi) is 6.39. The molecule has 1 saturated carbocycles. The number of hydrogen-bond donors (Lipinski definition) is 0. The topological polar surface area (TPSA) is 66.9 Å². The molecule has 0 spiro atoms. The molecule has 3 aliphatic rings. The fourth-order valence-electron chi connectivity index (χ4n) is 5.68. The van der Waals surface area contributed by atoms with Gasteiger partial charge in [-0.1, -0.05) is 19.8 Å². The highest BCUT2D eigenvalue weighted by Gasteiger charge is 2.42. The SMILES string of the molecule is COc1ccc(S(=O)(=O)N2CCCC(C(=O)N3CCC(C)C4CCCCC43)C2)cc1. The van der Waals surface area contributed by atoms with Gasteiger partial charge in [0.05, 0.1) is 17.9 Å². The number of ether oxygens (including phenoxy) is 1. The van der Waals surface area contributed by atoms with Crippen LogP contribution in [0.1, 0.15) is 51.9 Å². The highest BCUT2D eigenvalue weighted by atomic mass is 32.2. The average Bonchev–Trinajstić information content (AvgIpc) is 2.79. The fraction of sp³-hybridized carbons (Fsp3) is 0.696. The van der Waals surface area contributed by atoms with E-state index in [4.69, 9.17) is 4.74 Å². The summed E-state index contributed by atoms with van der Waals surface area (Å²) in [6, 6.07) is 6.84. The Morgan fingerprint density at radius 1 is 1.00 bits per heavy atom. The summed E-state index contributed by atoms with van der Waals surface area (Å²) < 4.78 is 33.0. The number of fused-ring (bicyclic) bond motifs is 1. The molecule has 0 N–H and O–H groups in total. The van der Waals surface area contributed by atoms with Gasteiger partial charge in [-0.15, -0.1) is 0 Å². The van der Waals surface area contributed by atoms with E-state index in [-0.39, 0.29) is 23.3 Å². The van der Waals surface area contributed by atoms with Crippen molar-refractivity contribution in [1.29, 1.82) is 0 Å². The summed E-state index contributed by atoms with van der Waals surface area (Å²) in [4.78, 5) is 15.9. The van der Waals surface area contributed by atoms with E-state index in [1.807, 2.05) is 0 Å². The summed E-state index contributed by atoms with van der Waals surface area (Å²) in [5.41, 5.74) is 0. The normalized spacial score (nSPS) is 30.5. The Balaban J connectivity index is 1.48. The van der Waals surface area contributed by atoms with E-state index in [0.29, 0.717) is 30.2 Å². The predicted molar refractivity (Wildman–Crippen MR) is 116 cm³/mol. The van der Waals surface area contributed by atoms with Gasteiger partial charge in [0.2, 0.25) is 15.9 Å². The molecule has 4 rings (SSSR count). The molecule has 6 nitrogen and oxygen atoms in total. The number of carbonyl (C=O) groups is 1. The molecule has 0 radical (unpaired) electrons. The Hall–Kier alpha value is -1.60. The van der Waals surface area contributed by atoms with Gasteiger partial charge < -0.3 is 9.64 Å². The first-order valence-corrected chi connectivity index (χ1v) is 12.8. The zero-order valence-electron chi connectivity index (χ0n) is 18.1. The van der Waals surface area contributed by atoms with Gasteiger partial charge in [0.15, 0.2) is 0 Å². The zero-order valence-corrected chi connectivity index (χ0v) is 18.9. The molecule has 1 amide bonds. The molecule has 30 heavy (non-hydrogen) atoms. The van der Waals surface area contributed by atoms with Crippen molar-refractivity contribution in [2.75, 3.05) is 26.7 Å². The smallest absolute Gasteiger partial charge is 0.243 e. The van der Waals surface area contributed by atoms with Gasteiger partial charge in [0.25, 0.3) is 0 Å². The van der Waals surface area contributed by atoms with E-state index in [9.17, 15) is 13.2 Å². The molecule has 2 aliphatic heterocycles. The standard InChI is InChI=1S/C23H34N2O4S/c1-17-13-15-25(22-8-4-3-7-21(17)22)23(26)18-6-5-14-24(16-18)30(27,28)20-11-9-19(29-2)10-12-20/h9-12,17-18,21-22H,3-8,13-16H2,1-2H3. The number of amides is 1. The Morgan fingerprint density at radius 3 is 2.47 bits per heavy atom. The van der Waals surface area contributed by atoms with Crippen LogP contribution in [0.15, 0.2) is 29.2 Å². The lowest BCUT2D eigenvalue weighted by Gasteiger charge is -2.48. The van der Waals surface area contributed by atoms with Crippen molar-refractivity contribution < 1.29 is 17.9 Å². The molecular weight excluding hydrogens is 400 g/mol. The second-order valence-electron chi connectivity index (χ2n) is 9.19. The summed E-state index contributed by atoms with van der Waals surface area (Å²) in [5, 5.41) is 0. The maximum absolute atomic E-state index is 13.5. The highest BCUT2D eigenvalue weighted by molar-refractivity contribution is 7.89. The molecule has 4 unspecified atom stereocenters. The van der Waals surface area contributed by atoms with Crippen LogP contribution in [0.3, 0.4) is 0 Å². The number of sulfonamides is 1. The van der Waals surface area contributed by atoms with Gasteiger partial charge in [-0.05, 0) is 68.2 Å². The van der Waals surface area contributed by atoms with E-state index < -0.39 is 10.0 Å². The van der Waals surface area contributed by atoms with Gasteiger partial charge >= 0.3 is 0 Å². The first-order chi connectivity index (χ1) is 14.4. The molecule has 1 aliphatic carbocycles. The average molecular weight is 435 g/mol.